The summed E-state index contributed by atoms with van der Waals surface area (Å²) in [5.41, 5.74) is 8.62. The fourth-order valence-corrected chi connectivity index (χ4v) is 3.21. The van der Waals surface area contributed by atoms with Gasteiger partial charge in [0.1, 0.15) is 6.10 Å². The number of fused-ring (bicyclic) bond motifs is 1. The van der Waals surface area contributed by atoms with Crippen LogP contribution in [0.3, 0.4) is 0 Å². The quantitative estimate of drug-likeness (QED) is 0.308. The maximum atomic E-state index is 8.62. The van der Waals surface area contributed by atoms with Crippen molar-refractivity contribution >= 4 is 8.80 Å². The van der Waals surface area contributed by atoms with Crippen molar-refractivity contribution in [3.63, 3.8) is 0 Å². The van der Waals surface area contributed by atoms with Crippen LogP contribution in [-0.2, 0) is 18.9 Å². The Morgan fingerprint density at radius 1 is 1.30 bits per heavy atom. The van der Waals surface area contributed by atoms with E-state index in [4.69, 9.17) is 24.5 Å². The van der Waals surface area contributed by atoms with Gasteiger partial charge in [0.15, 0.2) is 12.1 Å². The van der Waals surface area contributed by atoms with Crippen molar-refractivity contribution in [3.8, 4) is 0 Å². The Balaban J connectivity index is 1.94. The first-order chi connectivity index (χ1) is 10.7. The van der Waals surface area contributed by atoms with Gasteiger partial charge < -0.3 is 18.9 Å². The van der Waals surface area contributed by atoms with Gasteiger partial charge in [-0.25, -0.2) is 0 Å². The second kappa shape index (κ2) is 7.09. The Labute approximate surface area is 139 Å². The average Bonchev–Trinajstić information content (AvgIpc) is 2.88. The van der Waals surface area contributed by atoms with Crippen LogP contribution in [0.2, 0.25) is 18.1 Å². The molecule has 0 bridgehead atoms. The van der Waals surface area contributed by atoms with Crippen molar-refractivity contribution in [1.82, 2.24) is 0 Å². The summed E-state index contributed by atoms with van der Waals surface area (Å²) in [5.74, 6) is -0.710. The maximum Gasteiger partial charge on any atom is 0.187 e. The third-order valence-corrected chi connectivity index (χ3v) is 8.26. The van der Waals surface area contributed by atoms with Gasteiger partial charge in [0, 0.05) is 32.8 Å². The van der Waals surface area contributed by atoms with Gasteiger partial charge in [0.2, 0.25) is 0 Å². The molecule has 2 aliphatic rings. The second-order valence-corrected chi connectivity index (χ2v) is 11.8. The van der Waals surface area contributed by atoms with Crippen LogP contribution in [0.4, 0.5) is 0 Å². The van der Waals surface area contributed by atoms with Crippen LogP contribution in [0.1, 0.15) is 27.7 Å². The fourth-order valence-electron chi connectivity index (χ4n) is 2.76. The molecule has 2 aliphatic heterocycles. The molecular weight excluding hydrogens is 314 g/mol. The lowest BCUT2D eigenvalue weighted by molar-refractivity contribution is -0.214. The summed E-state index contributed by atoms with van der Waals surface area (Å²) in [6.07, 6.45) is -0.794. The van der Waals surface area contributed by atoms with E-state index in [2.05, 4.69) is 37.0 Å². The van der Waals surface area contributed by atoms with Crippen molar-refractivity contribution in [3.05, 3.63) is 10.4 Å². The highest BCUT2D eigenvalue weighted by Crippen LogP contribution is 2.41. The molecule has 0 aromatic heterocycles. The number of hydrogen-bond acceptors (Lipinski definition) is 5. The van der Waals surface area contributed by atoms with E-state index in [1.807, 2.05) is 13.8 Å². The van der Waals surface area contributed by atoms with Gasteiger partial charge >= 0.3 is 0 Å². The van der Waals surface area contributed by atoms with Crippen LogP contribution < -0.4 is 0 Å². The molecule has 7 nitrogen and oxygen atoms in total. The predicted molar refractivity (Wildman–Crippen MR) is 89.9 cm³/mol. The van der Waals surface area contributed by atoms with Crippen molar-refractivity contribution in [2.45, 2.75) is 70.1 Å². The molecule has 8 heteroatoms. The Morgan fingerprint density at radius 2 is 2.00 bits per heavy atom. The molecule has 4 atom stereocenters. The Morgan fingerprint density at radius 3 is 2.61 bits per heavy atom. The van der Waals surface area contributed by atoms with Crippen molar-refractivity contribution in [1.29, 1.82) is 0 Å². The second-order valence-electron chi connectivity index (χ2n) is 7.88. The standard InChI is InChI=1S/C15H29N3O4Si/c1-14(2,23(5)6)9-19-8-11-10(7-17-18-16)12-13(20-11)22-15(3,4)21-12/h10-13,23H,7-9H2,1-6H3/t10-,11-,12-,13-/m1/s1. The van der Waals surface area contributed by atoms with Crippen molar-refractivity contribution in [2.75, 3.05) is 19.8 Å². The molecule has 2 heterocycles. The lowest BCUT2D eigenvalue weighted by Gasteiger charge is -2.29. The van der Waals surface area contributed by atoms with Gasteiger partial charge in [-0.15, -0.1) is 0 Å². The molecule has 2 fully saturated rings. The van der Waals surface area contributed by atoms with Gasteiger partial charge in [0.25, 0.3) is 0 Å². The Kier molecular flexibility index (Phi) is 5.76. The van der Waals surface area contributed by atoms with Crippen LogP contribution >= 0.6 is 0 Å². The normalized spacial score (nSPS) is 32.8. The molecule has 0 aliphatic carbocycles. The van der Waals surface area contributed by atoms with Crippen LogP contribution in [0, 0.1) is 5.92 Å². The molecule has 0 aromatic rings. The molecule has 2 saturated heterocycles. The van der Waals surface area contributed by atoms with E-state index in [1.165, 1.54) is 0 Å². The zero-order valence-electron chi connectivity index (χ0n) is 15.0. The molecule has 0 unspecified atom stereocenters. The number of nitrogens with zero attached hydrogens (tertiary/aromatic N) is 3. The van der Waals surface area contributed by atoms with E-state index < -0.39 is 20.9 Å². The highest BCUT2D eigenvalue weighted by Gasteiger charge is 2.54. The predicted octanol–water partition coefficient (Wildman–Crippen LogP) is 3.07. The zero-order chi connectivity index (χ0) is 17.3. The van der Waals surface area contributed by atoms with Crippen LogP contribution in [0.15, 0.2) is 5.11 Å². The smallest absolute Gasteiger partial charge is 0.187 e. The third kappa shape index (κ3) is 4.46. The van der Waals surface area contributed by atoms with E-state index in [9.17, 15) is 0 Å². The van der Waals surface area contributed by atoms with E-state index >= 15 is 0 Å². The van der Waals surface area contributed by atoms with E-state index in [1.54, 1.807) is 0 Å². The summed E-state index contributed by atoms with van der Waals surface area (Å²) in [7, 11) is -0.798. The zero-order valence-corrected chi connectivity index (χ0v) is 16.1. The number of ether oxygens (including phenoxy) is 4. The molecular formula is C15H29N3O4Si. The average molecular weight is 344 g/mol. The molecule has 0 aromatic carbocycles. The lowest BCUT2D eigenvalue weighted by Crippen LogP contribution is -2.35. The summed E-state index contributed by atoms with van der Waals surface area (Å²) < 4.78 is 23.6. The first-order valence-electron chi connectivity index (χ1n) is 8.26. The molecule has 0 N–H and O–H groups in total. The van der Waals surface area contributed by atoms with Crippen molar-refractivity contribution < 1.29 is 18.9 Å². The number of hydrogen-bond donors (Lipinski definition) is 0. The van der Waals surface area contributed by atoms with Gasteiger partial charge in [-0.05, 0) is 24.4 Å². The van der Waals surface area contributed by atoms with Crippen molar-refractivity contribution in [2.24, 2.45) is 11.0 Å². The van der Waals surface area contributed by atoms with Crippen LogP contribution in [-0.4, -0.2) is 52.8 Å². The highest BCUT2D eigenvalue weighted by molar-refractivity contribution is 6.59. The molecule has 0 saturated carbocycles. The molecule has 0 radical (unpaired) electrons. The first-order valence-corrected chi connectivity index (χ1v) is 11.1. The van der Waals surface area contributed by atoms with Gasteiger partial charge in [0.05, 0.1) is 12.7 Å². The fraction of sp³-hybridized carbons (Fsp3) is 1.00. The number of azide groups is 1. The summed E-state index contributed by atoms with van der Waals surface area (Å²) in [5, 5.41) is 3.95. The first kappa shape index (κ1) is 18.7. The molecule has 23 heavy (non-hydrogen) atoms. The Bertz CT molecular complexity index is 466. The summed E-state index contributed by atoms with van der Waals surface area (Å²) in [4.78, 5) is 2.86. The summed E-state index contributed by atoms with van der Waals surface area (Å²) in [6, 6.07) is 0. The highest BCUT2D eigenvalue weighted by atomic mass is 28.3. The SMILES string of the molecule is C[SiH](C)C(C)(C)COC[C@H]1O[C@@H]2OC(C)(C)O[C@@H]2[C@@H]1CN=[N+]=[N-]. The van der Waals surface area contributed by atoms with Gasteiger partial charge in [-0.3, -0.25) is 0 Å². The largest absolute Gasteiger partial charge is 0.378 e. The molecule has 0 spiro atoms. The lowest BCUT2D eigenvalue weighted by atomic mass is 9.99. The van der Waals surface area contributed by atoms with Crippen LogP contribution in [0.5, 0.6) is 0 Å². The molecule has 0 amide bonds. The topological polar surface area (TPSA) is 85.7 Å². The van der Waals surface area contributed by atoms with E-state index in [0.717, 1.165) is 0 Å². The van der Waals surface area contributed by atoms with E-state index in [0.29, 0.717) is 19.8 Å². The number of rotatable bonds is 7. The Hall–Kier alpha value is -0.633. The minimum Gasteiger partial charge on any atom is -0.378 e. The minimum absolute atomic E-state index is 0.0444. The third-order valence-electron chi connectivity index (χ3n) is 4.97. The van der Waals surface area contributed by atoms with Crippen LogP contribution in [0.25, 0.3) is 10.4 Å². The summed E-state index contributed by atoms with van der Waals surface area (Å²) in [6.45, 7) is 14.4. The molecule has 132 valence electrons. The monoisotopic (exact) mass is 343 g/mol. The van der Waals surface area contributed by atoms with E-state index in [-0.39, 0.29) is 23.2 Å². The summed E-state index contributed by atoms with van der Waals surface area (Å²) >= 11 is 0. The maximum absolute atomic E-state index is 8.62. The van der Waals surface area contributed by atoms with Gasteiger partial charge in [-0.2, -0.15) is 0 Å². The molecule has 2 rings (SSSR count). The van der Waals surface area contributed by atoms with Gasteiger partial charge in [-0.1, -0.05) is 32.1 Å². The minimum atomic E-state index is -0.798.